The zero-order chi connectivity index (χ0) is 10.6. The average Bonchev–Trinajstić information content (AvgIpc) is 2.18. The Morgan fingerprint density at radius 2 is 2.07 bits per heavy atom. The van der Waals surface area contributed by atoms with Gasteiger partial charge in [0.15, 0.2) is 6.29 Å². The quantitative estimate of drug-likeness (QED) is 0.723. The van der Waals surface area contributed by atoms with Crippen molar-refractivity contribution in [3.05, 3.63) is 23.3 Å². The van der Waals surface area contributed by atoms with Crippen LogP contribution in [-0.4, -0.2) is 16.5 Å². The Morgan fingerprint density at radius 3 is 2.64 bits per heavy atom. The molecule has 0 saturated heterocycles. The molecule has 0 spiro atoms. The molecule has 0 aromatic heterocycles. The summed E-state index contributed by atoms with van der Waals surface area (Å²) >= 11 is 0. The summed E-state index contributed by atoms with van der Waals surface area (Å²) in [6, 6.07) is 2.85. The molecule has 3 nitrogen and oxygen atoms in total. The fraction of sp³-hybridized carbons (Fsp3) is 0.364. The largest absolute Gasteiger partial charge is 0.508 e. The number of carbonyl (C=O) groups excluding carboxylic acids is 1. The molecule has 0 heterocycles. The maximum absolute atomic E-state index is 10.5. The molecule has 0 bridgehead atoms. The van der Waals surface area contributed by atoms with Crippen LogP contribution in [0.5, 0.6) is 11.5 Å². The van der Waals surface area contributed by atoms with E-state index < -0.39 is 0 Å². The van der Waals surface area contributed by atoms with Crippen molar-refractivity contribution in [2.75, 3.05) is 0 Å². The number of carbonyl (C=O) groups is 1. The third kappa shape index (κ3) is 2.05. The molecule has 0 unspecified atom stereocenters. The molecule has 14 heavy (non-hydrogen) atoms. The molecule has 1 aromatic rings. The molecule has 0 aliphatic heterocycles. The third-order valence-corrected chi connectivity index (χ3v) is 2.20. The van der Waals surface area contributed by atoms with Gasteiger partial charge in [-0.3, -0.25) is 4.79 Å². The number of benzene rings is 1. The first-order valence-corrected chi connectivity index (χ1v) is 4.69. The van der Waals surface area contributed by atoms with Crippen molar-refractivity contribution < 1.29 is 15.0 Å². The van der Waals surface area contributed by atoms with Crippen molar-refractivity contribution in [1.82, 2.24) is 0 Å². The van der Waals surface area contributed by atoms with Gasteiger partial charge in [-0.25, -0.2) is 0 Å². The summed E-state index contributed by atoms with van der Waals surface area (Å²) in [5.41, 5.74) is 0.699. The lowest BCUT2D eigenvalue weighted by molar-refractivity contribution is 0.112. The van der Waals surface area contributed by atoms with Gasteiger partial charge in [-0.1, -0.05) is 13.3 Å². The van der Waals surface area contributed by atoms with E-state index in [1.165, 1.54) is 12.1 Å². The highest BCUT2D eigenvalue weighted by Crippen LogP contribution is 2.30. The van der Waals surface area contributed by atoms with E-state index in [0.717, 1.165) is 12.8 Å². The molecule has 76 valence electrons. The fourth-order valence-electron chi connectivity index (χ4n) is 1.34. The molecule has 0 aliphatic rings. The monoisotopic (exact) mass is 194 g/mol. The van der Waals surface area contributed by atoms with Crippen LogP contribution in [0, 0.1) is 0 Å². The molecule has 0 atom stereocenters. The van der Waals surface area contributed by atoms with E-state index in [1.54, 1.807) is 0 Å². The van der Waals surface area contributed by atoms with Crippen molar-refractivity contribution in [3.8, 4) is 11.5 Å². The van der Waals surface area contributed by atoms with Gasteiger partial charge < -0.3 is 10.2 Å². The Labute approximate surface area is 83.0 Å². The molecule has 0 fully saturated rings. The highest BCUT2D eigenvalue weighted by atomic mass is 16.3. The van der Waals surface area contributed by atoms with Gasteiger partial charge in [0, 0.05) is 5.56 Å². The van der Waals surface area contributed by atoms with Gasteiger partial charge in [0.05, 0.1) is 5.56 Å². The first-order chi connectivity index (χ1) is 6.70. The molecule has 2 N–H and O–H groups in total. The van der Waals surface area contributed by atoms with Crippen LogP contribution in [0.1, 0.15) is 35.7 Å². The molecule has 0 saturated carbocycles. The summed E-state index contributed by atoms with van der Waals surface area (Å²) in [6.07, 6.45) is 3.04. The summed E-state index contributed by atoms with van der Waals surface area (Å²) in [5, 5.41) is 19.1. The molecular weight excluding hydrogens is 180 g/mol. The second-order valence-electron chi connectivity index (χ2n) is 3.22. The summed E-state index contributed by atoms with van der Waals surface area (Å²) in [6.45, 7) is 2.03. The number of aromatic hydroxyl groups is 2. The number of rotatable bonds is 4. The van der Waals surface area contributed by atoms with Crippen LogP contribution in [0.3, 0.4) is 0 Å². The van der Waals surface area contributed by atoms with E-state index in [9.17, 15) is 15.0 Å². The van der Waals surface area contributed by atoms with E-state index in [2.05, 4.69) is 0 Å². The zero-order valence-electron chi connectivity index (χ0n) is 8.16. The maximum Gasteiger partial charge on any atom is 0.153 e. The minimum absolute atomic E-state index is 0.0570. The minimum atomic E-state index is -0.0894. The van der Waals surface area contributed by atoms with E-state index in [0.29, 0.717) is 18.3 Å². The van der Waals surface area contributed by atoms with Crippen LogP contribution in [0.4, 0.5) is 0 Å². The number of phenols is 2. The van der Waals surface area contributed by atoms with Gasteiger partial charge >= 0.3 is 0 Å². The van der Waals surface area contributed by atoms with Crippen molar-refractivity contribution in [1.29, 1.82) is 0 Å². The van der Waals surface area contributed by atoms with Crippen LogP contribution in [-0.2, 0) is 6.42 Å². The van der Waals surface area contributed by atoms with Crippen molar-refractivity contribution in [3.63, 3.8) is 0 Å². The Balaban J connectivity index is 3.05. The summed E-state index contributed by atoms with van der Waals surface area (Å²) in [5.74, 6) is -0.0324. The second kappa shape index (κ2) is 4.65. The number of hydrogen-bond donors (Lipinski definition) is 2. The molecule has 0 aliphatic carbocycles. The van der Waals surface area contributed by atoms with E-state index >= 15 is 0 Å². The Bertz CT molecular complexity index is 332. The van der Waals surface area contributed by atoms with Gasteiger partial charge in [-0.05, 0) is 25.0 Å². The summed E-state index contributed by atoms with van der Waals surface area (Å²) < 4.78 is 0. The Kier molecular flexibility index (Phi) is 3.51. The van der Waals surface area contributed by atoms with E-state index in [-0.39, 0.29) is 17.1 Å². The smallest absolute Gasteiger partial charge is 0.153 e. The molecule has 0 radical (unpaired) electrons. The molecule has 0 amide bonds. The van der Waals surface area contributed by atoms with Crippen LogP contribution in [0.15, 0.2) is 12.1 Å². The molecule has 1 aromatic carbocycles. The van der Waals surface area contributed by atoms with Crippen molar-refractivity contribution in [2.45, 2.75) is 26.2 Å². The van der Waals surface area contributed by atoms with Gasteiger partial charge in [0.1, 0.15) is 11.5 Å². The van der Waals surface area contributed by atoms with Crippen LogP contribution in [0.25, 0.3) is 0 Å². The predicted octanol–water partition coefficient (Wildman–Crippen LogP) is 2.25. The summed E-state index contributed by atoms with van der Waals surface area (Å²) in [4.78, 5) is 10.5. The van der Waals surface area contributed by atoms with Crippen molar-refractivity contribution in [2.24, 2.45) is 0 Å². The van der Waals surface area contributed by atoms with E-state index in [4.69, 9.17) is 0 Å². The predicted molar refractivity (Wildman–Crippen MR) is 53.8 cm³/mol. The molecule has 3 heteroatoms. The summed E-state index contributed by atoms with van der Waals surface area (Å²) in [7, 11) is 0. The van der Waals surface area contributed by atoms with Crippen LogP contribution < -0.4 is 0 Å². The minimum Gasteiger partial charge on any atom is -0.508 e. The van der Waals surface area contributed by atoms with Gasteiger partial charge in [-0.2, -0.15) is 0 Å². The third-order valence-electron chi connectivity index (χ3n) is 2.20. The Hall–Kier alpha value is -1.51. The number of hydrogen-bond acceptors (Lipinski definition) is 3. The van der Waals surface area contributed by atoms with Gasteiger partial charge in [0.25, 0.3) is 0 Å². The van der Waals surface area contributed by atoms with Crippen LogP contribution in [0.2, 0.25) is 0 Å². The SMILES string of the molecule is CCCCc1c(O)ccc(C=O)c1O. The highest BCUT2D eigenvalue weighted by molar-refractivity contribution is 5.80. The lowest BCUT2D eigenvalue weighted by atomic mass is 10.0. The zero-order valence-corrected chi connectivity index (χ0v) is 8.16. The van der Waals surface area contributed by atoms with Crippen LogP contribution >= 0.6 is 0 Å². The van der Waals surface area contributed by atoms with Gasteiger partial charge in [-0.15, -0.1) is 0 Å². The normalized spacial score (nSPS) is 10.1. The fourth-order valence-corrected chi connectivity index (χ4v) is 1.34. The maximum atomic E-state index is 10.5. The number of unbranched alkanes of at least 4 members (excludes halogenated alkanes) is 1. The number of aldehydes is 1. The first kappa shape index (κ1) is 10.6. The molecule has 1 rings (SSSR count). The average molecular weight is 194 g/mol. The standard InChI is InChI=1S/C11H14O3/c1-2-3-4-9-10(13)6-5-8(7-12)11(9)14/h5-7,13-14H,2-4H2,1H3. The van der Waals surface area contributed by atoms with Crippen molar-refractivity contribution >= 4 is 6.29 Å². The van der Waals surface area contributed by atoms with Gasteiger partial charge in [0.2, 0.25) is 0 Å². The van der Waals surface area contributed by atoms with E-state index in [1.807, 2.05) is 6.92 Å². The topological polar surface area (TPSA) is 57.5 Å². The lowest BCUT2D eigenvalue weighted by Gasteiger charge is -2.07. The second-order valence-corrected chi connectivity index (χ2v) is 3.22. The lowest BCUT2D eigenvalue weighted by Crippen LogP contribution is -1.91. The Morgan fingerprint density at radius 1 is 1.36 bits per heavy atom. The molecular formula is C11H14O3. The number of phenolic OH excluding ortho intramolecular Hbond substituents is 2. The first-order valence-electron chi connectivity index (χ1n) is 4.69. The highest BCUT2D eigenvalue weighted by Gasteiger charge is 2.10.